The van der Waals surface area contributed by atoms with Crippen LogP contribution in [0.1, 0.15) is 25.0 Å². The molecule has 2 aromatic rings. The predicted octanol–water partition coefficient (Wildman–Crippen LogP) is 5.24. The molecule has 1 amide bonds. The Morgan fingerprint density at radius 2 is 1.48 bits per heavy atom. The number of benzene rings is 2. The average Bonchev–Trinajstić information content (AvgIpc) is 2.66. The van der Waals surface area contributed by atoms with E-state index < -0.39 is 64.2 Å². The summed E-state index contributed by atoms with van der Waals surface area (Å²) < 4.78 is 93.3. The predicted molar refractivity (Wildman–Crippen MR) is 94.4 cm³/mol. The number of hydrogen-bond donors (Lipinski definition) is 1. The van der Waals surface area contributed by atoms with Crippen molar-refractivity contribution in [1.29, 1.82) is 0 Å². The second-order valence-electron chi connectivity index (χ2n) is 6.84. The van der Waals surface area contributed by atoms with Crippen molar-refractivity contribution in [1.82, 2.24) is 5.32 Å². The zero-order valence-corrected chi connectivity index (χ0v) is 16.1. The molecule has 158 valence electrons. The molecule has 0 fully saturated rings. The maximum atomic E-state index is 13.7. The van der Waals surface area contributed by atoms with Crippen LogP contribution < -0.4 is 5.32 Å². The molecule has 0 unspecified atom stereocenters. The van der Waals surface area contributed by atoms with Crippen molar-refractivity contribution in [3.8, 4) is 0 Å². The Kier molecular flexibility index (Phi) is 7.20. The zero-order chi connectivity index (χ0) is 21.9. The van der Waals surface area contributed by atoms with Crippen LogP contribution in [0.2, 0.25) is 0 Å². The summed E-state index contributed by atoms with van der Waals surface area (Å²) in [5, 5.41) is 2.15. The van der Waals surface area contributed by atoms with Gasteiger partial charge in [0, 0.05) is 29.7 Å². The first-order valence-electron chi connectivity index (χ1n) is 8.26. The molecular formula is C19H16F7NOS. The number of carbonyl (C=O) groups is 1. The van der Waals surface area contributed by atoms with Gasteiger partial charge in [-0.05, 0) is 11.6 Å². The number of hydrogen-bond acceptors (Lipinski definition) is 2. The third-order valence-corrected chi connectivity index (χ3v) is 5.52. The Hall–Kier alpha value is -2.23. The standard InChI is InChI=1S/C19H16F7NOS/c1-19(2,8-29-7-9-3-4-10(20)5-12(9)21)18(28)27-6-11-13(22)15(24)17(26)16(25)14(11)23/h3-5H,6-8H2,1-2H3,(H,27,28). The molecular weight excluding hydrogens is 423 g/mol. The average molecular weight is 439 g/mol. The van der Waals surface area contributed by atoms with Gasteiger partial charge in [0.15, 0.2) is 23.3 Å². The quantitative estimate of drug-likeness (QED) is 0.363. The lowest BCUT2D eigenvalue weighted by Crippen LogP contribution is -2.38. The lowest BCUT2D eigenvalue weighted by atomic mass is 9.95. The molecule has 1 N–H and O–H groups in total. The van der Waals surface area contributed by atoms with Gasteiger partial charge in [0.05, 0.1) is 5.41 Å². The van der Waals surface area contributed by atoms with E-state index in [-0.39, 0.29) is 17.1 Å². The topological polar surface area (TPSA) is 29.1 Å². The number of halogens is 7. The van der Waals surface area contributed by atoms with E-state index in [1.165, 1.54) is 19.9 Å². The lowest BCUT2D eigenvalue weighted by Gasteiger charge is -2.23. The Labute approximate surface area is 166 Å². The van der Waals surface area contributed by atoms with Crippen LogP contribution in [0.4, 0.5) is 30.7 Å². The fourth-order valence-electron chi connectivity index (χ4n) is 2.33. The van der Waals surface area contributed by atoms with Crippen LogP contribution >= 0.6 is 11.8 Å². The van der Waals surface area contributed by atoms with Gasteiger partial charge in [0.1, 0.15) is 11.6 Å². The van der Waals surface area contributed by atoms with Crippen LogP contribution in [0.3, 0.4) is 0 Å². The van der Waals surface area contributed by atoms with Gasteiger partial charge in [0.2, 0.25) is 11.7 Å². The van der Waals surface area contributed by atoms with Gasteiger partial charge in [-0.2, -0.15) is 11.8 Å². The first-order chi connectivity index (χ1) is 13.5. The normalized spacial score (nSPS) is 11.6. The SMILES string of the molecule is CC(C)(CSCc1ccc(F)cc1F)C(=O)NCc1c(F)c(F)c(F)c(F)c1F. The largest absolute Gasteiger partial charge is 0.351 e. The molecule has 0 aliphatic heterocycles. The van der Waals surface area contributed by atoms with E-state index in [0.29, 0.717) is 0 Å². The van der Waals surface area contributed by atoms with Gasteiger partial charge in [-0.3, -0.25) is 4.79 Å². The highest BCUT2D eigenvalue weighted by molar-refractivity contribution is 7.98. The van der Waals surface area contributed by atoms with Crippen molar-refractivity contribution in [2.24, 2.45) is 5.41 Å². The maximum Gasteiger partial charge on any atom is 0.226 e. The molecule has 0 aromatic heterocycles. The van der Waals surface area contributed by atoms with Crippen molar-refractivity contribution in [2.45, 2.75) is 26.1 Å². The molecule has 2 aromatic carbocycles. The Bertz CT molecular complexity index is 904. The highest BCUT2D eigenvalue weighted by atomic mass is 32.2. The highest BCUT2D eigenvalue weighted by Gasteiger charge is 2.30. The number of thioether (sulfide) groups is 1. The molecule has 0 aliphatic carbocycles. The summed E-state index contributed by atoms with van der Waals surface area (Å²) in [4.78, 5) is 12.3. The van der Waals surface area contributed by atoms with E-state index in [4.69, 9.17) is 0 Å². The second kappa shape index (κ2) is 9.06. The molecule has 2 nitrogen and oxygen atoms in total. The van der Waals surface area contributed by atoms with Gasteiger partial charge >= 0.3 is 0 Å². The van der Waals surface area contributed by atoms with Crippen LogP contribution in [0, 0.1) is 46.1 Å². The molecule has 0 aliphatic rings. The van der Waals surface area contributed by atoms with Crippen LogP contribution in [0.15, 0.2) is 18.2 Å². The molecule has 0 atom stereocenters. The molecule has 0 saturated carbocycles. The molecule has 0 saturated heterocycles. The first-order valence-corrected chi connectivity index (χ1v) is 9.41. The summed E-state index contributed by atoms with van der Waals surface area (Å²) in [6.45, 7) is 2.09. The minimum absolute atomic E-state index is 0.139. The maximum absolute atomic E-state index is 13.7. The molecule has 0 heterocycles. The number of rotatable bonds is 7. The van der Waals surface area contributed by atoms with Gasteiger partial charge in [0.25, 0.3) is 0 Å². The smallest absolute Gasteiger partial charge is 0.226 e. The highest BCUT2D eigenvalue weighted by Crippen LogP contribution is 2.27. The van der Waals surface area contributed by atoms with E-state index in [0.717, 1.165) is 23.9 Å². The van der Waals surface area contributed by atoms with Crippen molar-refractivity contribution in [2.75, 3.05) is 5.75 Å². The lowest BCUT2D eigenvalue weighted by molar-refractivity contribution is -0.128. The van der Waals surface area contributed by atoms with Gasteiger partial charge in [-0.15, -0.1) is 0 Å². The minimum atomic E-state index is -2.28. The fourth-order valence-corrected chi connectivity index (χ4v) is 3.53. The number of nitrogens with one attached hydrogen (secondary N) is 1. The van der Waals surface area contributed by atoms with Crippen LogP contribution in [-0.2, 0) is 17.1 Å². The van der Waals surface area contributed by atoms with E-state index >= 15 is 0 Å². The van der Waals surface area contributed by atoms with Crippen LogP contribution in [-0.4, -0.2) is 11.7 Å². The summed E-state index contributed by atoms with van der Waals surface area (Å²) in [5.74, 6) is -12.4. The molecule has 0 bridgehead atoms. The minimum Gasteiger partial charge on any atom is -0.351 e. The van der Waals surface area contributed by atoms with Gasteiger partial charge < -0.3 is 5.32 Å². The molecule has 10 heteroatoms. The first kappa shape index (κ1) is 23.1. The van der Waals surface area contributed by atoms with Crippen molar-refractivity contribution in [3.63, 3.8) is 0 Å². The Morgan fingerprint density at radius 1 is 0.931 bits per heavy atom. The van der Waals surface area contributed by atoms with E-state index in [1.54, 1.807) is 0 Å². The van der Waals surface area contributed by atoms with Gasteiger partial charge in [-0.1, -0.05) is 19.9 Å². The van der Waals surface area contributed by atoms with E-state index in [2.05, 4.69) is 5.32 Å². The van der Waals surface area contributed by atoms with Crippen molar-refractivity contribution >= 4 is 17.7 Å². The van der Waals surface area contributed by atoms with Crippen LogP contribution in [0.5, 0.6) is 0 Å². The van der Waals surface area contributed by atoms with E-state index in [9.17, 15) is 35.5 Å². The summed E-state index contributed by atoms with van der Waals surface area (Å²) in [6, 6.07) is 3.10. The Balaban J connectivity index is 1.99. The molecule has 29 heavy (non-hydrogen) atoms. The number of amides is 1. The molecule has 0 spiro atoms. The third kappa shape index (κ3) is 5.23. The summed E-state index contributed by atoms with van der Waals surface area (Å²) in [5.41, 5.74) is -2.02. The van der Waals surface area contributed by atoms with Crippen LogP contribution in [0.25, 0.3) is 0 Å². The summed E-state index contributed by atoms with van der Waals surface area (Å²) in [7, 11) is 0. The summed E-state index contributed by atoms with van der Waals surface area (Å²) in [6.07, 6.45) is 0. The van der Waals surface area contributed by atoms with Crippen molar-refractivity contribution < 1.29 is 35.5 Å². The number of carbonyl (C=O) groups excluding carboxylic acids is 1. The van der Waals surface area contributed by atoms with Gasteiger partial charge in [-0.25, -0.2) is 30.7 Å². The Morgan fingerprint density at radius 3 is 2.03 bits per heavy atom. The zero-order valence-electron chi connectivity index (χ0n) is 15.3. The third-order valence-electron chi connectivity index (χ3n) is 4.08. The molecule has 2 rings (SSSR count). The van der Waals surface area contributed by atoms with E-state index in [1.807, 2.05) is 0 Å². The van der Waals surface area contributed by atoms with Crippen molar-refractivity contribution in [3.05, 3.63) is 70.0 Å². The monoisotopic (exact) mass is 439 g/mol. The molecule has 0 radical (unpaired) electrons. The summed E-state index contributed by atoms with van der Waals surface area (Å²) >= 11 is 1.16. The fraction of sp³-hybridized carbons (Fsp3) is 0.316. The second-order valence-corrected chi connectivity index (χ2v) is 7.83.